The third-order valence-electron chi connectivity index (χ3n) is 5.70. The van der Waals surface area contributed by atoms with Crippen molar-refractivity contribution in [3.63, 3.8) is 0 Å². The van der Waals surface area contributed by atoms with Crippen molar-refractivity contribution in [3.05, 3.63) is 0 Å². The smallest absolute Gasteiger partial charge is 0.234 e. The Labute approximate surface area is 145 Å². The second kappa shape index (κ2) is 8.15. The van der Waals surface area contributed by atoms with Gasteiger partial charge in [-0.15, -0.1) is 0 Å². The highest BCUT2D eigenvalue weighted by Gasteiger charge is 2.28. The zero-order chi connectivity index (χ0) is 17.0. The van der Waals surface area contributed by atoms with Crippen LogP contribution in [0, 0.1) is 11.8 Å². The van der Waals surface area contributed by atoms with E-state index in [9.17, 15) is 13.2 Å². The molecule has 0 radical (unpaired) electrons. The maximum absolute atomic E-state index is 12.1. The molecule has 6 nitrogen and oxygen atoms in total. The van der Waals surface area contributed by atoms with E-state index in [0.29, 0.717) is 19.5 Å². The Hall–Kier alpha value is -0.660. The Morgan fingerprint density at radius 1 is 0.958 bits per heavy atom. The van der Waals surface area contributed by atoms with E-state index >= 15 is 0 Å². The number of carbonyl (C=O) groups excluding carboxylic acids is 1. The molecule has 0 bridgehead atoms. The average molecular weight is 358 g/mol. The minimum Gasteiger partial charge on any atom is -0.355 e. The molecule has 1 unspecified atom stereocenters. The number of sulfone groups is 1. The molecular formula is C17H31N3O3S. The van der Waals surface area contributed by atoms with Crippen LogP contribution in [0.25, 0.3) is 0 Å². The minimum atomic E-state index is -2.85. The minimum absolute atomic E-state index is 0.0392. The van der Waals surface area contributed by atoms with Crippen LogP contribution in [0.2, 0.25) is 0 Å². The molecule has 0 aliphatic carbocycles. The first-order chi connectivity index (χ1) is 11.5. The van der Waals surface area contributed by atoms with Gasteiger partial charge in [0.2, 0.25) is 5.91 Å². The summed E-state index contributed by atoms with van der Waals surface area (Å²) in [6.45, 7) is 6.72. The number of hydrogen-bond acceptors (Lipinski definition) is 5. The number of hydrogen-bond donors (Lipinski definition) is 1. The highest BCUT2D eigenvalue weighted by atomic mass is 32.2. The van der Waals surface area contributed by atoms with Gasteiger partial charge >= 0.3 is 0 Å². The molecule has 3 heterocycles. The van der Waals surface area contributed by atoms with E-state index in [2.05, 4.69) is 15.1 Å². The Morgan fingerprint density at radius 2 is 1.67 bits per heavy atom. The van der Waals surface area contributed by atoms with Crippen LogP contribution in [-0.2, 0) is 14.6 Å². The molecule has 0 aromatic carbocycles. The molecule has 0 aromatic heterocycles. The first-order valence-electron chi connectivity index (χ1n) is 9.42. The first kappa shape index (κ1) is 18.1. The van der Waals surface area contributed by atoms with Gasteiger partial charge in [-0.05, 0) is 70.1 Å². The Balaban J connectivity index is 1.30. The monoisotopic (exact) mass is 357 g/mol. The van der Waals surface area contributed by atoms with Crippen molar-refractivity contribution in [2.45, 2.75) is 32.1 Å². The van der Waals surface area contributed by atoms with E-state index in [1.165, 1.54) is 45.3 Å². The van der Waals surface area contributed by atoms with E-state index in [4.69, 9.17) is 0 Å². The normalized spacial score (nSPS) is 29.1. The molecule has 3 aliphatic rings. The second-order valence-corrected chi connectivity index (χ2v) is 10.0. The Kier molecular flexibility index (Phi) is 6.16. The lowest BCUT2D eigenvalue weighted by Gasteiger charge is -2.33. The molecule has 3 fully saturated rings. The predicted molar refractivity (Wildman–Crippen MR) is 94.6 cm³/mol. The van der Waals surface area contributed by atoms with Gasteiger partial charge in [0, 0.05) is 13.1 Å². The van der Waals surface area contributed by atoms with Crippen molar-refractivity contribution >= 4 is 15.7 Å². The molecule has 3 rings (SSSR count). The average Bonchev–Trinajstić information content (AvgIpc) is 3.16. The topological polar surface area (TPSA) is 69.7 Å². The molecule has 0 spiro atoms. The molecule has 0 aromatic rings. The summed E-state index contributed by atoms with van der Waals surface area (Å²) in [5, 5.41) is 2.93. The van der Waals surface area contributed by atoms with Gasteiger partial charge in [0.1, 0.15) is 0 Å². The summed E-state index contributed by atoms with van der Waals surface area (Å²) in [4.78, 5) is 16.9. The number of amides is 1. The molecule has 3 aliphatic heterocycles. The quantitative estimate of drug-likeness (QED) is 0.743. The molecule has 1 amide bonds. The number of piperidine rings is 1. The van der Waals surface area contributed by atoms with Crippen LogP contribution >= 0.6 is 0 Å². The third-order valence-corrected chi connectivity index (χ3v) is 7.54. The van der Waals surface area contributed by atoms with E-state index in [1.807, 2.05) is 0 Å². The van der Waals surface area contributed by atoms with Gasteiger partial charge in [0.15, 0.2) is 9.84 Å². The van der Waals surface area contributed by atoms with Gasteiger partial charge in [-0.25, -0.2) is 8.42 Å². The van der Waals surface area contributed by atoms with Crippen molar-refractivity contribution in [1.29, 1.82) is 0 Å². The van der Waals surface area contributed by atoms with E-state index in [1.54, 1.807) is 0 Å². The van der Waals surface area contributed by atoms with Crippen LogP contribution in [0.3, 0.4) is 0 Å². The van der Waals surface area contributed by atoms with E-state index in [0.717, 1.165) is 19.0 Å². The summed E-state index contributed by atoms with van der Waals surface area (Å²) < 4.78 is 22.9. The van der Waals surface area contributed by atoms with Crippen molar-refractivity contribution in [3.8, 4) is 0 Å². The zero-order valence-electron chi connectivity index (χ0n) is 14.6. The van der Waals surface area contributed by atoms with E-state index in [-0.39, 0.29) is 23.3 Å². The van der Waals surface area contributed by atoms with Crippen LogP contribution in [-0.4, -0.2) is 81.4 Å². The van der Waals surface area contributed by atoms with Crippen molar-refractivity contribution in [2.75, 3.05) is 57.3 Å². The van der Waals surface area contributed by atoms with Crippen LogP contribution in [0.4, 0.5) is 0 Å². The van der Waals surface area contributed by atoms with Crippen LogP contribution < -0.4 is 5.32 Å². The summed E-state index contributed by atoms with van der Waals surface area (Å²) in [7, 11) is -2.85. The van der Waals surface area contributed by atoms with Gasteiger partial charge in [-0.2, -0.15) is 0 Å². The van der Waals surface area contributed by atoms with E-state index < -0.39 is 9.84 Å². The lowest BCUT2D eigenvalue weighted by Crippen LogP contribution is -2.44. The third kappa shape index (κ3) is 5.43. The number of likely N-dealkylation sites (tertiary alicyclic amines) is 2. The molecule has 1 atom stereocenters. The number of carbonyl (C=O) groups is 1. The van der Waals surface area contributed by atoms with Crippen molar-refractivity contribution in [1.82, 2.24) is 15.1 Å². The predicted octanol–water partition coefficient (Wildman–Crippen LogP) is 0.345. The Morgan fingerprint density at radius 3 is 2.29 bits per heavy atom. The highest BCUT2D eigenvalue weighted by Crippen LogP contribution is 2.20. The van der Waals surface area contributed by atoms with Crippen LogP contribution in [0.15, 0.2) is 0 Å². The fourth-order valence-corrected chi connectivity index (χ4v) is 6.07. The molecule has 0 saturated carbocycles. The van der Waals surface area contributed by atoms with Gasteiger partial charge in [-0.1, -0.05) is 0 Å². The van der Waals surface area contributed by atoms with Gasteiger partial charge < -0.3 is 10.2 Å². The van der Waals surface area contributed by atoms with Crippen molar-refractivity contribution < 1.29 is 13.2 Å². The largest absolute Gasteiger partial charge is 0.355 e. The maximum Gasteiger partial charge on any atom is 0.234 e. The number of nitrogens with zero attached hydrogens (tertiary/aromatic N) is 2. The SMILES string of the molecule is O=C(CN1CCC(CN2CCCC2)CC1)NCC1CCS(=O)(=O)C1. The summed E-state index contributed by atoms with van der Waals surface area (Å²) in [6.07, 6.45) is 5.75. The summed E-state index contributed by atoms with van der Waals surface area (Å²) in [5.74, 6) is 1.43. The molecule has 1 N–H and O–H groups in total. The van der Waals surface area contributed by atoms with Crippen LogP contribution in [0.1, 0.15) is 32.1 Å². The zero-order valence-corrected chi connectivity index (χ0v) is 15.4. The van der Waals surface area contributed by atoms with Gasteiger partial charge in [0.25, 0.3) is 0 Å². The second-order valence-electron chi connectivity index (χ2n) is 7.80. The molecular weight excluding hydrogens is 326 g/mol. The van der Waals surface area contributed by atoms with Gasteiger partial charge in [0.05, 0.1) is 18.1 Å². The first-order valence-corrected chi connectivity index (χ1v) is 11.2. The fourth-order valence-electron chi connectivity index (χ4n) is 4.21. The maximum atomic E-state index is 12.1. The standard InChI is InChI=1S/C17H31N3O3S/c21-17(18-11-16-5-10-24(22,23)14-16)13-20-8-3-15(4-9-20)12-19-6-1-2-7-19/h15-16H,1-14H2,(H,18,21). The number of rotatable bonds is 6. The highest BCUT2D eigenvalue weighted by molar-refractivity contribution is 7.91. The fraction of sp³-hybridized carbons (Fsp3) is 0.941. The van der Waals surface area contributed by atoms with Gasteiger partial charge in [-0.3, -0.25) is 9.69 Å². The molecule has 24 heavy (non-hydrogen) atoms. The lowest BCUT2D eigenvalue weighted by atomic mass is 9.96. The van der Waals surface area contributed by atoms with Crippen LogP contribution in [0.5, 0.6) is 0 Å². The van der Waals surface area contributed by atoms with Crippen molar-refractivity contribution in [2.24, 2.45) is 11.8 Å². The Bertz CT molecular complexity index is 523. The molecule has 3 saturated heterocycles. The molecule has 138 valence electrons. The summed E-state index contributed by atoms with van der Waals surface area (Å²) in [5.41, 5.74) is 0. The number of nitrogens with one attached hydrogen (secondary N) is 1. The summed E-state index contributed by atoms with van der Waals surface area (Å²) >= 11 is 0. The summed E-state index contributed by atoms with van der Waals surface area (Å²) in [6, 6.07) is 0. The molecule has 7 heteroatoms. The lowest BCUT2D eigenvalue weighted by molar-refractivity contribution is -0.122.